The molecule has 0 saturated heterocycles. The molecule has 0 aliphatic heterocycles. The number of fused-ring (bicyclic) bond motifs is 2. The predicted molar refractivity (Wildman–Crippen MR) is 136 cm³/mol. The van der Waals surface area contributed by atoms with Gasteiger partial charge >= 0.3 is 0 Å². The molecule has 0 unspecified atom stereocenters. The van der Waals surface area contributed by atoms with Crippen molar-refractivity contribution in [3.05, 3.63) is 64.3 Å². The van der Waals surface area contributed by atoms with Crippen molar-refractivity contribution < 1.29 is 18.8 Å². The van der Waals surface area contributed by atoms with E-state index >= 15 is 0 Å². The number of aryl methyl sites for hydroxylation is 1. The SMILES string of the molecule is CCOc1ccc(-c2cc(NC(=O)c3ccc4c(Cl)c5c(nc4c3)CCCC5)on2)cc1OCC. The van der Waals surface area contributed by atoms with Crippen LogP contribution in [0.3, 0.4) is 0 Å². The van der Waals surface area contributed by atoms with E-state index in [0.29, 0.717) is 36.0 Å². The van der Waals surface area contributed by atoms with Crippen LogP contribution in [0, 0.1) is 0 Å². The minimum absolute atomic E-state index is 0.244. The normalized spacial score (nSPS) is 12.9. The van der Waals surface area contributed by atoms with E-state index in [-0.39, 0.29) is 11.8 Å². The molecule has 1 N–H and O–H groups in total. The smallest absolute Gasteiger partial charge is 0.258 e. The van der Waals surface area contributed by atoms with Gasteiger partial charge in [0.25, 0.3) is 5.91 Å². The summed E-state index contributed by atoms with van der Waals surface area (Å²) in [6.07, 6.45) is 4.10. The Balaban J connectivity index is 1.37. The highest BCUT2D eigenvalue weighted by atomic mass is 35.5. The molecule has 1 aliphatic rings. The Bertz CT molecular complexity index is 1400. The van der Waals surface area contributed by atoms with E-state index in [1.807, 2.05) is 38.1 Å². The van der Waals surface area contributed by atoms with E-state index in [9.17, 15) is 4.79 Å². The highest BCUT2D eigenvalue weighted by molar-refractivity contribution is 6.36. The highest BCUT2D eigenvalue weighted by Gasteiger charge is 2.19. The van der Waals surface area contributed by atoms with E-state index < -0.39 is 0 Å². The molecular formula is C27H26ClN3O4. The summed E-state index contributed by atoms with van der Waals surface area (Å²) >= 11 is 6.66. The summed E-state index contributed by atoms with van der Waals surface area (Å²) in [6, 6.07) is 12.6. The molecule has 1 aliphatic carbocycles. The first-order valence-electron chi connectivity index (χ1n) is 11.9. The van der Waals surface area contributed by atoms with Gasteiger partial charge in [-0.25, -0.2) is 0 Å². The fourth-order valence-electron chi connectivity index (χ4n) is 4.37. The van der Waals surface area contributed by atoms with Gasteiger partial charge in [0.1, 0.15) is 5.69 Å². The van der Waals surface area contributed by atoms with Crippen LogP contribution in [-0.2, 0) is 12.8 Å². The number of rotatable bonds is 7. The lowest BCUT2D eigenvalue weighted by molar-refractivity contribution is 0.102. The second kappa shape index (κ2) is 9.96. The van der Waals surface area contributed by atoms with Crippen LogP contribution in [0.1, 0.15) is 48.3 Å². The van der Waals surface area contributed by atoms with Gasteiger partial charge in [-0.1, -0.05) is 22.8 Å². The third-order valence-electron chi connectivity index (χ3n) is 6.04. The molecule has 180 valence electrons. The van der Waals surface area contributed by atoms with E-state index in [1.54, 1.807) is 18.2 Å². The molecule has 7 nitrogen and oxygen atoms in total. The number of nitrogens with one attached hydrogen (secondary N) is 1. The fraction of sp³-hybridized carbons (Fsp3) is 0.296. The molecule has 0 radical (unpaired) electrons. The number of aromatic nitrogens is 2. The number of benzene rings is 2. The standard InChI is InChI=1S/C27H26ClN3O4/c1-3-33-23-12-10-16(14-24(23)34-4-2)21-15-25(35-31-21)30-27(32)17-9-11-19-22(13-17)29-20-8-6-5-7-18(20)26(19)28/h9-15H,3-8H2,1-2H3,(H,30,32). The molecule has 5 rings (SSSR count). The number of ether oxygens (including phenoxy) is 2. The van der Waals surface area contributed by atoms with Crippen LogP contribution in [0.4, 0.5) is 5.88 Å². The third kappa shape index (κ3) is 4.68. The largest absolute Gasteiger partial charge is 0.490 e. The molecule has 0 atom stereocenters. The molecule has 35 heavy (non-hydrogen) atoms. The number of carbonyl (C=O) groups excluding carboxylic acids is 1. The zero-order valence-corrected chi connectivity index (χ0v) is 20.4. The minimum Gasteiger partial charge on any atom is -0.490 e. The van der Waals surface area contributed by atoms with Gasteiger partial charge in [-0.3, -0.25) is 15.1 Å². The van der Waals surface area contributed by atoms with Crippen LogP contribution in [0.15, 0.2) is 47.0 Å². The number of halogens is 1. The predicted octanol–water partition coefficient (Wildman–Crippen LogP) is 6.47. The van der Waals surface area contributed by atoms with Crippen molar-refractivity contribution in [2.75, 3.05) is 18.5 Å². The molecule has 0 saturated carbocycles. The van der Waals surface area contributed by atoms with Crippen LogP contribution in [0.5, 0.6) is 11.5 Å². The molecule has 2 heterocycles. The number of hydrogen-bond donors (Lipinski definition) is 1. The lowest BCUT2D eigenvalue weighted by atomic mass is 9.94. The second-order valence-corrected chi connectivity index (χ2v) is 8.73. The second-order valence-electron chi connectivity index (χ2n) is 8.35. The lowest BCUT2D eigenvalue weighted by Gasteiger charge is -2.17. The molecule has 8 heteroatoms. The zero-order chi connectivity index (χ0) is 24.4. The van der Waals surface area contributed by atoms with Gasteiger partial charge in [-0.05, 0) is 75.4 Å². The number of hydrogen-bond acceptors (Lipinski definition) is 6. The van der Waals surface area contributed by atoms with Crippen molar-refractivity contribution in [3.63, 3.8) is 0 Å². The van der Waals surface area contributed by atoms with Gasteiger partial charge in [-0.2, -0.15) is 0 Å². The van der Waals surface area contributed by atoms with E-state index in [0.717, 1.165) is 58.4 Å². The third-order valence-corrected chi connectivity index (χ3v) is 6.47. The van der Waals surface area contributed by atoms with Crippen molar-refractivity contribution in [2.45, 2.75) is 39.5 Å². The summed E-state index contributed by atoms with van der Waals surface area (Å²) < 4.78 is 16.7. The summed E-state index contributed by atoms with van der Waals surface area (Å²) in [5.41, 5.74) is 4.72. The van der Waals surface area contributed by atoms with Gasteiger partial charge < -0.3 is 14.0 Å². The Hall–Kier alpha value is -3.58. The zero-order valence-electron chi connectivity index (χ0n) is 19.7. The quantitative estimate of drug-likeness (QED) is 0.318. The molecule has 1 amide bonds. The lowest BCUT2D eigenvalue weighted by Crippen LogP contribution is -2.12. The maximum absolute atomic E-state index is 12.9. The molecule has 0 fully saturated rings. The summed E-state index contributed by atoms with van der Waals surface area (Å²) in [4.78, 5) is 17.7. The van der Waals surface area contributed by atoms with Crippen LogP contribution in [0.25, 0.3) is 22.2 Å². The minimum atomic E-state index is -0.313. The summed E-state index contributed by atoms with van der Waals surface area (Å²) in [5, 5.41) is 8.50. The molecule has 2 aromatic heterocycles. The van der Waals surface area contributed by atoms with Gasteiger partial charge in [0, 0.05) is 28.3 Å². The number of pyridine rings is 1. The van der Waals surface area contributed by atoms with Crippen molar-refractivity contribution >= 4 is 34.3 Å². The summed E-state index contributed by atoms with van der Waals surface area (Å²) in [5.74, 6) is 1.23. The maximum atomic E-state index is 12.9. The van der Waals surface area contributed by atoms with Gasteiger partial charge in [0.15, 0.2) is 11.5 Å². The summed E-state index contributed by atoms with van der Waals surface area (Å²) in [6.45, 7) is 4.89. The Labute approximate surface area is 208 Å². The van der Waals surface area contributed by atoms with Gasteiger partial charge in [0.05, 0.1) is 23.8 Å². The monoisotopic (exact) mass is 491 g/mol. The van der Waals surface area contributed by atoms with Crippen molar-refractivity contribution in [2.24, 2.45) is 0 Å². The van der Waals surface area contributed by atoms with E-state index in [1.165, 1.54) is 0 Å². The van der Waals surface area contributed by atoms with E-state index in [4.69, 9.17) is 30.6 Å². The average Bonchev–Trinajstić information content (AvgIpc) is 3.33. The Morgan fingerprint density at radius 3 is 2.66 bits per heavy atom. The van der Waals surface area contributed by atoms with Crippen molar-refractivity contribution in [1.82, 2.24) is 10.1 Å². The Morgan fingerprint density at radius 1 is 1.03 bits per heavy atom. The van der Waals surface area contributed by atoms with Crippen molar-refractivity contribution in [3.8, 4) is 22.8 Å². The van der Waals surface area contributed by atoms with Gasteiger partial charge in [-0.15, -0.1) is 0 Å². The highest BCUT2D eigenvalue weighted by Crippen LogP contribution is 2.35. The van der Waals surface area contributed by atoms with Gasteiger partial charge in [0.2, 0.25) is 5.88 Å². The number of carbonyl (C=O) groups is 1. The van der Waals surface area contributed by atoms with Crippen LogP contribution in [-0.4, -0.2) is 29.3 Å². The summed E-state index contributed by atoms with van der Waals surface area (Å²) in [7, 11) is 0. The molecule has 2 aromatic carbocycles. The first-order chi connectivity index (χ1) is 17.1. The van der Waals surface area contributed by atoms with Crippen LogP contribution in [0.2, 0.25) is 5.02 Å². The molecule has 0 spiro atoms. The first kappa shape index (κ1) is 23.2. The Kier molecular flexibility index (Phi) is 6.59. The Morgan fingerprint density at radius 2 is 1.83 bits per heavy atom. The maximum Gasteiger partial charge on any atom is 0.258 e. The number of anilines is 1. The molecular weight excluding hydrogens is 466 g/mol. The van der Waals surface area contributed by atoms with Crippen molar-refractivity contribution in [1.29, 1.82) is 0 Å². The van der Waals surface area contributed by atoms with Crippen LogP contribution < -0.4 is 14.8 Å². The molecule has 4 aromatic rings. The first-order valence-corrected chi connectivity index (χ1v) is 12.2. The fourth-order valence-corrected chi connectivity index (χ4v) is 4.74. The van der Waals surface area contributed by atoms with Crippen LogP contribution >= 0.6 is 11.6 Å². The topological polar surface area (TPSA) is 86.5 Å². The molecule has 0 bridgehead atoms. The number of amides is 1. The average molecular weight is 492 g/mol. The number of nitrogens with zero attached hydrogens (tertiary/aromatic N) is 2. The van der Waals surface area contributed by atoms with E-state index in [2.05, 4.69) is 10.5 Å².